The number of aliphatic hydroxyl groups excluding tert-OH is 1. The fourth-order valence-electron chi connectivity index (χ4n) is 3.29. The first kappa shape index (κ1) is 19.7. The van der Waals surface area contributed by atoms with Gasteiger partial charge in [0.2, 0.25) is 5.91 Å². The highest BCUT2D eigenvalue weighted by molar-refractivity contribution is 5.76. The highest BCUT2D eigenvalue weighted by Gasteiger charge is 2.52. The van der Waals surface area contributed by atoms with Gasteiger partial charge in [0.05, 0.1) is 11.6 Å². The van der Waals surface area contributed by atoms with Gasteiger partial charge in [-0.3, -0.25) is 4.79 Å². The van der Waals surface area contributed by atoms with Crippen molar-refractivity contribution in [3.05, 3.63) is 35.9 Å². The molecule has 1 fully saturated rings. The highest BCUT2D eigenvalue weighted by atomic mass is 19.3. The first-order valence-corrected chi connectivity index (χ1v) is 8.58. The van der Waals surface area contributed by atoms with E-state index in [0.29, 0.717) is 12.8 Å². The second-order valence-corrected chi connectivity index (χ2v) is 6.53. The molecule has 1 aliphatic rings. The number of hydrogen-bond acceptors (Lipinski definition) is 3. The van der Waals surface area contributed by atoms with Gasteiger partial charge >= 0.3 is 0 Å². The molecule has 0 aliphatic carbocycles. The van der Waals surface area contributed by atoms with Crippen LogP contribution in [-0.2, 0) is 11.2 Å². The molecule has 2 rings (SSSR count). The molecule has 4 nitrogen and oxygen atoms in total. The average Bonchev–Trinajstić information content (AvgIpc) is 2.60. The number of aryl methyl sites for hydroxylation is 1. The van der Waals surface area contributed by atoms with Gasteiger partial charge in [-0.15, -0.1) is 0 Å². The molecule has 0 bridgehead atoms. The van der Waals surface area contributed by atoms with Crippen LogP contribution in [0.5, 0.6) is 0 Å². The van der Waals surface area contributed by atoms with Crippen LogP contribution < -0.4 is 10.6 Å². The van der Waals surface area contributed by atoms with Gasteiger partial charge in [-0.1, -0.05) is 37.3 Å². The SMILES string of the molecule is CCC(=O)N[C@@]1(CCCc2ccccc2)CN[C@H](C(F)F)[C@@H](O)[C@H]1F. The quantitative estimate of drug-likeness (QED) is 0.700. The number of carbonyl (C=O) groups is 1. The summed E-state index contributed by atoms with van der Waals surface area (Å²) in [6, 6.07) is 7.98. The number of benzene rings is 1. The highest BCUT2D eigenvalue weighted by Crippen LogP contribution is 2.30. The maximum Gasteiger partial charge on any atom is 0.256 e. The Morgan fingerprint density at radius 2 is 2.08 bits per heavy atom. The molecule has 1 heterocycles. The number of aliphatic hydroxyl groups is 1. The molecule has 4 atom stereocenters. The van der Waals surface area contributed by atoms with Crippen molar-refractivity contribution in [2.75, 3.05) is 6.54 Å². The number of piperidine rings is 1. The van der Waals surface area contributed by atoms with E-state index in [0.717, 1.165) is 5.56 Å². The Morgan fingerprint density at radius 3 is 2.68 bits per heavy atom. The van der Waals surface area contributed by atoms with Gasteiger partial charge in [-0.25, -0.2) is 13.2 Å². The van der Waals surface area contributed by atoms with Gasteiger partial charge in [-0.05, 0) is 24.8 Å². The number of rotatable bonds is 7. The first-order chi connectivity index (χ1) is 11.9. The summed E-state index contributed by atoms with van der Waals surface area (Å²) in [4.78, 5) is 11.9. The van der Waals surface area contributed by atoms with Gasteiger partial charge in [0.1, 0.15) is 6.10 Å². The van der Waals surface area contributed by atoms with Gasteiger partial charge in [0.25, 0.3) is 6.43 Å². The lowest BCUT2D eigenvalue weighted by molar-refractivity contribution is -0.128. The number of nitrogens with one attached hydrogen (secondary N) is 2. The first-order valence-electron chi connectivity index (χ1n) is 8.58. The zero-order chi connectivity index (χ0) is 18.4. The molecule has 0 saturated carbocycles. The Morgan fingerprint density at radius 1 is 1.40 bits per heavy atom. The Balaban J connectivity index is 2.10. The third kappa shape index (κ3) is 4.73. The smallest absolute Gasteiger partial charge is 0.256 e. The number of alkyl halides is 3. The summed E-state index contributed by atoms with van der Waals surface area (Å²) in [5.74, 6) is -0.369. The Hall–Kier alpha value is -1.60. The van der Waals surface area contributed by atoms with Crippen molar-refractivity contribution in [3.63, 3.8) is 0 Å². The molecule has 1 aromatic carbocycles. The lowest BCUT2D eigenvalue weighted by Gasteiger charge is -2.46. The molecular formula is C18H25F3N2O2. The van der Waals surface area contributed by atoms with Crippen molar-refractivity contribution in [2.24, 2.45) is 0 Å². The van der Waals surface area contributed by atoms with Crippen molar-refractivity contribution >= 4 is 5.91 Å². The van der Waals surface area contributed by atoms with Gasteiger partial charge in [-0.2, -0.15) is 0 Å². The standard InChI is InChI=1S/C18H25F3N2O2/c1-2-13(24)23-18(10-6-9-12-7-4-3-5-8-12)11-22-14(17(20)21)15(25)16(18)19/h3-5,7-8,14-17,22,25H,2,6,9-11H2,1H3,(H,23,24)/t14-,15+,16+,18-/m0/s1. The fraction of sp³-hybridized carbons (Fsp3) is 0.611. The van der Waals surface area contributed by atoms with Crippen molar-refractivity contribution in [1.29, 1.82) is 0 Å². The molecule has 0 spiro atoms. The number of carbonyl (C=O) groups excluding carboxylic acids is 1. The van der Waals surface area contributed by atoms with E-state index in [-0.39, 0.29) is 25.3 Å². The Kier molecular flexibility index (Phi) is 6.84. The lowest BCUT2D eigenvalue weighted by atomic mass is 9.79. The molecule has 0 radical (unpaired) electrons. The van der Waals surface area contributed by atoms with E-state index in [1.54, 1.807) is 6.92 Å². The van der Waals surface area contributed by atoms with E-state index >= 15 is 0 Å². The molecule has 25 heavy (non-hydrogen) atoms. The molecule has 0 aromatic heterocycles. The third-order valence-electron chi connectivity index (χ3n) is 4.76. The van der Waals surface area contributed by atoms with Crippen LogP contribution in [0, 0.1) is 0 Å². The number of halogens is 3. The summed E-state index contributed by atoms with van der Waals surface area (Å²) < 4.78 is 40.7. The molecule has 0 unspecified atom stereocenters. The van der Waals surface area contributed by atoms with Crippen molar-refractivity contribution in [3.8, 4) is 0 Å². The minimum absolute atomic E-state index is 0.138. The molecule has 3 N–H and O–H groups in total. The Labute approximate surface area is 145 Å². The van der Waals surface area contributed by atoms with Crippen LogP contribution >= 0.6 is 0 Å². The maximum atomic E-state index is 14.9. The van der Waals surface area contributed by atoms with E-state index in [9.17, 15) is 23.1 Å². The summed E-state index contributed by atoms with van der Waals surface area (Å²) in [5.41, 5.74) is -0.309. The predicted octanol–water partition coefficient (Wildman–Crippen LogP) is 2.21. The van der Waals surface area contributed by atoms with Crippen molar-refractivity contribution in [1.82, 2.24) is 10.6 Å². The van der Waals surface area contributed by atoms with Crippen LogP contribution in [0.25, 0.3) is 0 Å². The van der Waals surface area contributed by atoms with Crippen LogP contribution in [0.2, 0.25) is 0 Å². The van der Waals surface area contributed by atoms with Gasteiger partial charge < -0.3 is 15.7 Å². The summed E-state index contributed by atoms with van der Waals surface area (Å²) in [6.45, 7) is 1.50. The number of hydrogen-bond donors (Lipinski definition) is 3. The Bertz CT molecular complexity index is 559. The van der Waals surface area contributed by atoms with Crippen LogP contribution in [0.15, 0.2) is 30.3 Å². The van der Waals surface area contributed by atoms with Gasteiger partial charge in [0.15, 0.2) is 6.17 Å². The summed E-state index contributed by atoms with van der Waals surface area (Å²) in [7, 11) is 0. The van der Waals surface area contributed by atoms with Crippen LogP contribution in [-0.4, -0.2) is 47.8 Å². The monoisotopic (exact) mass is 358 g/mol. The minimum Gasteiger partial charge on any atom is -0.388 e. The largest absolute Gasteiger partial charge is 0.388 e. The van der Waals surface area contributed by atoms with Crippen LogP contribution in [0.4, 0.5) is 13.2 Å². The molecular weight excluding hydrogens is 333 g/mol. The third-order valence-corrected chi connectivity index (χ3v) is 4.76. The van der Waals surface area contributed by atoms with E-state index in [1.807, 2.05) is 30.3 Å². The van der Waals surface area contributed by atoms with Gasteiger partial charge in [0, 0.05) is 13.0 Å². The maximum absolute atomic E-state index is 14.9. The minimum atomic E-state index is -2.88. The van der Waals surface area contributed by atoms with Crippen molar-refractivity contribution in [2.45, 2.75) is 62.9 Å². The van der Waals surface area contributed by atoms with Crippen LogP contribution in [0.1, 0.15) is 31.7 Å². The summed E-state index contributed by atoms with van der Waals surface area (Å²) >= 11 is 0. The predicted molar refractivity (Wildman–Crippen MR) is 89.2 cm³/mol. The van der Waals surface area contributed by atoms with E-state index in [4.69, 9.17) is 0 Å². The molecule has 1 saturated heterocycles. The topological polar surface area (TPSA) is 61.4 Å². The normalized spacial score (nSPS) is 29.6. The molecule has 140 valence electrons. The van der Waals surface area contributed by atoms with E-state index in [1.165, 1.54) is 0 Å². The zero-order valence-electron chi connectivity index (χ0n) is 14.2. The summed E-state index contributed by atoms with van der Waals surface area (Å²) in [6.07, 6.45) is -5.08. The molecule has 1 aliphatic heterocycles. The van der Waals surface area contributed by atoms with E-state index in [2.05, 4.69) is 10.6 Å². The molecule has 7 heteroatoms. The average molecular weight is 358 g/mol. The fourth-order valence-corrected chi connectivity index (χ4v) is 3.29. The summed E-state index contributed by atoms with van der Waals surface area (Å²) in [5, 5.41) is 15.1. The van der Waals surface area contributed by atoms with Crippen molar-refractivity contribution < 1.29 is 23.1 Å². The molecule has 1 amide bonds. The molecule has 1 aromatic rings. The second-order valence-electron chi connectivity index (χ2n) is 6.53. The lowest BCUT2D eigenvalue weighted by Crippen LogP contribution is -2.72. The second kappa shape index (κ2) is 8.67. The number of amides is 1. The van der Waals surface area contributed by atoms with Crippen LogP contribution in [0.3, 0.4) is 0 Å². The van der Waals surface area contributed by atoms with E-state index < -0.39 is 30.3 Å². The zero-order valence-corrected chi connectivity index (χ0v) is 14.2.